The Hall–Kier alpha value is -1.55. The van der Waals surface area contributed by atoms with E-state index in [-0.39, 0.29) is 24.1 Å². The molecular weight excluding hydrogens is 264 g/mol. The fraction of sp³-hybridized carbons (Fsp3) is 0.588. The number of benzene rings is 1. The molecule has 0 aromatic heterocycles. The second-order valence-electron chi connectivity index (χ2n) is 6.09. The van der Waals surface area contributed by atoms with Crippen LogP contribution < -0.4 is 10.6 Å². The van der Waals surface area contributed by atoms with Gasteiger partial charge in [-0.2, -0.15) is 0 Å². The third-order valence-corrected chi connectivity index (χ3v) is 4.46. The number of carbonyl (C=O) groups excluding carboxylic acids is 1. The van der Waals surface area contributed by atoms with Crippen LogP contribution in [0.25, 0.3) is 0 Å². The summed E-state index contributed by atoms with van der Waals surface area (Å²) in [6, 6.07) is 10.4. The predicted molar refractivity (Wildman–Crippen MR) is 84.3 cm³/mol. The lowest BCUT2D eigenvalue weighted by molar-refractivity contribution is 0.211. The van der Waals surface area contributed by atoms with E-state index >= 15 is 0 Å². The number of rotatable bonds is 7. The molecule has 1 aliphatic carbocycles. The minimum absolute atomic E-state index is 0.0891. The zero-order valence-electron chi connectivity index (χ0n) is 12.8. The van der Waals surface area contributed by atoms with E-state index in [1.165, 1.54) is 12.0 Å². The fourth-order valence-electron chi connectivity index (χ4n) is 2.96. The zero-order chi connectivity index (χ0) is 15.1. The van der Waals surface area contributed by atoms with Crippen LogP contribution in [0.2, 0.25) is 0 Å². The van der Waals surface area contributed by atoms with Gasteiger partial charge in [0.2, 0.25) is 0 Å². The first kappa shape index (κ1) is 15.8. The highest BCUT2D eigenvalue weighted by Crippen LogP contribution is 2.43. The monoisotopic (exact) mass is 290 g/mol. The molecule has 0 saturated heterocycles. The van der Waals surface area contributed by atoms with Crippen molar-refractivity contribution in [1.29, 1.82) is 0 Å². The Balaban J connectivity index is 1.82. The molecule has 1 unspecified atom stereocenters. The van der Waals surface area contributed by atoms with Crippen LogP contribution in [-0.2, 0) is 5.41 Å². The Morgan fingerprint density at radius 2 is 2.05 bits per heavy atom. The molecule has 4 heteroatoms. The predicted octanol–water partition coefficient (Wildman–Crippen LogP) is 2.57. The van der Waals surface area contributed by atoms with Crippen molar-refractivity contribution in [3.05, 3.63) is 35.9 Å². The SMILES string of the molecule is CC(CCCO)NC(=O)NCC1(c2ccccc2)CCC1. The van der Waals surface area contributed by atoms with E-state index < -0.39 is 0 Å². The van der Waals surface area contributed by atoms with Crippen LogP contribution in [0.3, 0.4) is 0 Å². The number of hydrogen-bond acceptors (Lipinski definition) is 2. The summed E-state index contributed by atoms with van der Waals surface area (Å²) in [5.41, 5.74) is 1.44. The lowest BCUT2D eigenvalue weighted by atomic mass is 9.64. The molecule has 1 aromatic carbocycles. The van der Waals surface area contributed by atoms with Crippen molar-refractivity contribution in [3.8, 4) is 0 Å². The van der Waals surface area contributed by atoms with E-state index in [4.69, 9.17) is 5.11 Å². The molecule has 0 bridgehead atoms. The molecule has 1 aromatic rings. The van der Waals surface area contributed by atoms with E-state index in [0.29, 0.717) is 6.54 Å². The molecule has 2 amide bonds. The quantitative estimate of drug-likeness (QED) is 0.723. The van der Waals surface area contributed by atoms with Gasteiger partial charge in [0, 0.05) is 24.6 Å². The van der Waals surface area contributed by atoms with Crippen molar-refractivity contribution in [3.63, 3.8) is 0 Å². The normalized spacial score (nSPS) is 17.6. The van der Waals surface area contributed by atoms with E-state index in [1.54, 1.807) is 0 Å². The summed E-state index contributed by atoms with van der Waals surface area (Å²) in [6.07, 6.45) is 5.02. The van der Waals surface area contributed by atoms with E-state index in [0.717, 1.165) is 25.7 Å². The largest absolute Gasteiger partial charge is 0.396 e. The van der Waals surface area contributed by atoms with Gasteiger partial charge in [0.15, 0.2) is 0 Å². The van der Waals surface area contributed by atoms with Crippen LogP contribution in [0.5, 0.6) is 0 Å². The van der Waals surface area contributed by atoms with Crippen molar-refractivity contribution < 1.29 is 9.90 Å². The third kappa shape index (κ3) is 4.21. The lowest BCUT2D eigenvalue weighted by Crippen LogP contribution is -2.49. The zero-order valence-corrected chi connectivity index (χ0v) is 12.8. The van der Waals surface area contributed by atoms with Gasteiger partial charge in [0.1, 0.15) is 0 Å². The fourth-order valence-corrected chi connectivity index (χ4v) is 2.96. The second-order valence-corrected chi connectivity index (χ2v) is 6.09. The maximum absolute atomic E-state index is 11.9. The molecule has 116 valence electrons. The highest BCUT2D eigenvalue weighted by Gasteiger charge is 2.38. The number of carbonyl (C=O) groups is 1. The number of aliphatic hydroxyl groups excluding tert-OH is 1. The van der Waals surface area contributed by atoms with Gasteiger partial charge in [-0.05, 0) is 38.2 Å². The highest BCUT2D eigenvalue weighted by molar-refractivity contribution is 5.74. The summed E-state index contributed by atoms with van der Waals surface area (Å²) in [7, 11) is 0. The Bertz CT molecular complexity index is 443. The molecule has 0 heterocycles. The molecule has 4 nitrogen and oxygen atoms in total. The molecule has 1 atom stereocenters. The number of amides is 2. The molecule has 1 saturated carbocycles. The summed E-state index contributed by atoms with van der Waals surface area (Å²) in [5.74, 6) is 0. The van der Waals surface area contributed by atoms with Crippen molar-refractivity contribution in [2.24, 2.45) is 0 Å². The Kier molecular flexibility index (Phi) is 5.62. The van der Waals surface area contributed by atoms with Gasteiger partial charge in [-0.25, -0.2) is 4.79 Å². The molecule has 0 radical (unpaired) electrons. The number of aliphatic hydroxyl groups is 1. The average Bonchev–Trinajstić information content (AvgIpc) is 2.45. The van der Waals surface area contributed by atoms with Crippen LogP contribution in [0.4, 0.5) is 4.79 Å². The molecule has 0 aliphatic heterocycles. The Morgan fingerprint density at radius 1 is 1.33 bits per heavy atom. The van der Waals surface area contributed by atoms with Gasteiger partial charge < -0.3 is 15.7 Å². The second kappa shape index (κ2) is 7.46. The van der Waals surface area contributed by atoms with Gasteiger partial charge >= 0.3 is 6.03 Å². The molecule has 21 heavy (non-hydrogen) atoms. The minimum Gasteiger partial charge on any atom is -0.396 e. The first-order chi connectivity index (χ1) is 10.2. The lowest BCUT2D eigenvalue weighted by Gasteiger charge is -2.42. The number of nitrogens with one attached hydrogen (secondary N) is 2. The van der Waals surface area contributed by atoms with Crippen LogP contribution in [-0.4, -0.2) is 30.3 Å². The van der Waals surface area contributed by atoms with Crippen molar-refractivity contribution in [1.82, 2.24) is 10.6 Å². The first-order valence-electron chi connectivity index (χ1n) is 7.87. The van der Waals surface area contributed by atoms with Gasteiger partial charge in [-0.1, -0.05) is 36.8 Å². The van der Waals surface area contributed by atoms with Crippen LogP contribution in [0, 0.1) is 0 Å². The standard InChI is InChI=1S/C17H26N2O2/c1-14(7-5-12-20)19-16(21)18-13-17(10-6-11-17)15-8-3-2-4-9-15/h2-4,8-9,14,20H,5-7,10-13H2,1H3,(H2,18,19,21). The maximum Gasteiger partial charge on any atom is 0.315 e. The number of urea groups is 1. The summed E-state index contributed by atoms with van der Waals surface area (Å²) in [5, 5.41) is 14.7. The van der Waals surface area contributed by atoms with Gasteiger partial charge in [0.25, 0.3) is 0 Å². The molecule has 2 rings (SSSR count). The van der Waals surface area contributed by atoms with Crippen LogP contribution in [0.15, 0.2) is 30.3 Å². The van der Waals surface area contributed by atoms with E-state index in [9.17, 15) is 4.79 Å². The molecule has 3 N–H and O–H groups in total. The Morgan fingerprint density at radius 3 is 2.62 bits per heavy atom. The molecule has 1 aliphatic rings. The van der Waals surface area contributed by atoms with Gasteiger partial charge in [-0.15, -0.1) is 0 Å². The van der Waals surface area contributed by atoms with Crippen LogP contribution >= 0.6 is 0 Å². The van der Waals surface area contributed by atoms with Crippen molar-refractivity contribution in [2.45, 2.75) is 50.5 Å². The smallest absolute Gasteiger partial charge is 0.315 e. The summed E-state index contributed by atoms with van der Waals surface area (Å²) in [4.78, 5) is 11.9. The summed E-state index contributed by atoms with van der Waals surface area (Å²) < 4.78 is 0. The summed E-state index contributed by atoms with van der Waals surface area (Å²) >= 11 is 0. The van der Waals surface area contributed by atoms with E-state index in [1.807, 2.05) is 13.0 Å². The third-order valence-electron chi connectivity index (χ3n) is 4.46. The summed E-state index contributed by atoms with van der Waals surface area (Å²) in [6.45, 7) is 2.83. The van der Waals surface area contributed by atoms with Gasteiger partial charge in [0.05, 0.1) is 0 Å². The topological polar surface area (TPSA) is 61.4 Å². The van der Waals surface area contributed by atoms with Crippen molar-refractivity contribution in [2.75, 3.05) is 13.2 Å². The van der Waals surface area contributed by atoms with E-state index in [2.05, 4.69) is 34.9 Å². The highest BCUT2D eigenvalue weighted by atomic mass is 16.3. The molecule has 0 spiro atoms. The average molecular weight is 290 g/mol. The Labute approximate surface area is 126 Å². The number of hydrogen-bond donors (Lipinski definition) is 3. The minimum atomic E-state index is -0.109. The molecular formula is C17H26N2O2. The van der Waals surface area contributed by atoms with Crippen LogP contribution in [0.1, 0.15) is 44.6 Å². The molecule has 1 fully saturated rings. The first-order valence-corrected chi connectivity index (χ1v) is 7.87. The maximum atomic E-state index is 11.9. The van der Waals surface area contributed by atoms with Crippen molar-refractivity contribution >= 4 is 6.03 Å². The van der Waals surface area contributed by atoms with Gasteiger partial charge in [-0.3, -0.25) is 0 Å².